The summed E-state index contributed by atoms with van der Waals surface area (Å²) in [7, 11) is 1.55. The molecule has 0 spiro atoms. The molecule has 0 aromatic heterocycles. The molecule has 0 N–H and O–H groups in total. The van der Waals surface area contributed by atoms with E-state index < -0.39 is 0 Å². The highest BCUT2D eigenvalue weighted by Gasteiger charge is 2.38. The summed E-state index contributed by atoms with van der Waals surface area (Å²) in [6.45, 7) is 8.73. The molecule has 0 aromatic rings. The highest BCUT2D eigenvalue weighted by molar-refractivity contribution is 5.82. The molecule has 1 aliphatic carbocycles. The van der Waals surface area contributed by atoms with Crippen molar-refractivity contribution in [2.24, 2.45) is 5.92 Å². The fourth-order valence-electron chi connectivity index (χ4n) is 4.12. The van der Waals surface area contributed by atoms with E-state index in [9.17, 15) is 9.59 Å². The maximum Gasteiger partial charge on any atom is 0.248 e. The lowest BCUT2D eigenvalue weighted by molar-refractivity contribution is -0.142. The van der Waals surface area contributed by atoms with E-state index in [1.165, 1.54) is 12.8 Å². The number of carbonyl (C=O) groups is 2. The Balaban J connectivity index is 2.03. The second-order valence-electron chi connectivity index (χ2n) is 6.85. The van der Waals surface area contributed by atoms with Gasteiger partial charge in [-0.1, -0.05) is 12.8 Å². The zero-order valence-electron chi connectivity index (χ0n) is 15.5. The first-order valence-corrected chi connectivity index (χ1v) is 9.41. The molecular weight excluding hydrogens is 306 g/mol. The van der Waals surface area contributed by atoms with Crippen molar-refractivity contribution in [3.8, 4) is 0 Å². The van der Waals surface area contributed by atoms with E-state index in [-0.39, 0.29) is 24.5 Å². The number of ether oxygens (including phenoxy) is 1. The minimum Gasteiger partial charge on any atom is -0.375 e. The van der Waals surface area contributed by atoms with Crippen LogP contribution in [0.3, 0.4) is 0 Å². The van der Waals surface area contributed by atoms with E-state index in [0.29, 0.717) is 19.0 Å². The molecule has 6 heteroatoms. The summed E-state index contributed by atoms with van der Waals surface area (Å²) in [6, 6.07) is -0.00734. The van der Waals surface area contributed by atoms with Crippen molar-refractivity contribution in [1.82, 2.24) is 14.7 Å². The van der Waals surface area contributed by atoms with Crippen LogP contribution in [0.1, 0.15) is 39.5 Å². The fourth-order valence-corrected chi connectivity index (χ4v) is 4.12. The molecule has 1 saturated carbocycles. The Morgan fingerprint density at radius 3 is 2.17 bits per heavy atom. The van der Waals surface area contributed by atoms with Gasteiger partial charge in [-0.2, -0.15) is 0 Å². The Morgan fingerprint density at radius 1 is 1.08 bits per heavy atom. The third kappa shape index (κ3) is 4.48. The van der Waals surface area contributed by atoms with Crippen LogP contribution in [0.4, 0.5) is 0 Å². The van der Waals surface area contributed by atoms with E-state index in [2.05, 4.69) is 18.7 Å². The van der Waals surface area contributed by atoms with Gasteiger partial charge in [0.15, 0.2) is 0 Å². The zero-order chi connectivity index (χ0) is 17.5. The number of nitrogens with zero attached hydrogens (tertiary/aromatic N) is 3. The van der Waals surface area contributed by atoms with Gasteiger partial charge in [0.1, 0.15) is 6.61 Å². The Morgan fingerprint density at radius 2 is 1.67 bits per heavy atom. The minimum atomic E-state index is -0.00734. The molecule has 138 valence electrons. The van der Waals surface area contributed by atoms with E-state index in [1.807, 2.05) is 9.80 Å². The maximum absolute atomic E-state index is 13.1. The Hall–Kier alpha value is -1.14. The van der Waals surface area contributed by atoms with Gasteiger partial charge in [0, 0.05) is 46.4 Å². The second-order valence-corrected chi connectivity index (χ2v) is 6.85. The molecule has 2 rings (SSSR count). The number of methoxy groups -OCH3 is 1. The summed E-state index contributed by atoms with van der Waals surface area (Å²) in [5, 5.41) is 0. The van der Waals surface area contributed by atoms with Crippen LogP contribution in [0, 0.1) is 5.92 Å². The molecule has 2 aliphatic rings. The van der Waals surface area contributed by atoms with Gasteiger partial charge < -0.3 is 14.5 Å². The lowest BCUT2D eigenvalue weighted by Gasteiger charge is -2.42. The van der Waals surface area contributed by atoms with E-state index in [1.54, 1.807) is 7.11 Å². The van der Waals surface area contributed by atoms with E-state index in [4.69, 9.17) is 4.74 Å². The maximum atomic E-state index is 13.1. The van der Waals surface area contributed by atoms with Crippen molar-refractivity contribution in [1.29, 1.82) is 0 Å². The number of hydrogen-bond acceptors (Lipinski definition) is 4. The van der Waals surface area contributed by atoms with Gasteiger partial charge in [0.25, 0.3) is 0 Å². The fraction of sp³-hybridized carbons (Fsp3) is 0.889. The summed E-state index contributed by atoms with van der Waals surface area (Å²) < 4.78 is 4.95. The lowest BCUT2D eigenvalue weighted by Crippen LogP contribution is -2.58. The van der Waals surface area contributed by atoms with E-state index >= 15 is 0 Å². The highest BCUT2D eigenvalue weighted by Crippen LogP contribution is 2.32. The molecule has 0 radical (unpaired) electrons. The van der Waals surface area contributed by atoms with Crippen LogP contribution < -0.4 is 0 Å². The highest BCUT2D eigenvalue weighted by atomic mass is 16.5. The van der Waals surface area contributed by atoms with Crippen LogP contribution in [0.5, 0.6) is 0 Å². The zero-order valence-corrected chi connectivity index (χ0v) is 15.5. The molecule has 2 fully saturated rings. The van der Waals surface area contributed by atoms with Crippen molar-refractivity contribution in [2.75, 3.05) is 53.0 Å². The predicted molar refractivity (Wildman–Crippen MR) is 93.7 cm³/mol. The topological polar surface area (TPSA) is 53.1 Å². The summed E-state index contributed by atoms with van der Waals surface area (Å²) in [5.41, 5.74) is 0. The first kappa shape index (κ1) is 19.2. The third-order valence-electron chi connectivity index (χ3n) is 5.50. The molecule has 2 amide bonds. The molecule has 0 bridgehead atoms. The largest absolute Gasteiger partial charge is 0.375 e. The minimum absolute atomic E-state index is 0.00734. The second kappa shape index (κ2) is 9.37. The monoisotopic (exact) mass is 339 g/mol. The number of piperazine rings is 1. The molecule has 1 aliphatic heterocycles. The normalized spacial score (nSPS) is 21.0. The molecule has 6 nitrogen and oxygen atoms in total. The molecule has 1 heterocycles. The Bertz CT molecular complexity index is 412. The van der Waals surface area contributed by atoms with Gasteiger partial charge in [0.05, 0.1) is 6.04 Å². The first-order chi connectivity index (χ1) is 11.6. The number of amides is 2. The van der Waals surface area contributed by atoms with Crippen molar-refractivity contribution in [2.45, 2.75) is 45.6 Å². The van der Waals surface area contributed by atoms with Gasteiger partial charge in [-0.25, -0.2) is 0 Å². The molecule has 24 heavy (non-hydrogen) atoms. The number of rotatable bonds is 7. The van der Waals surface area contributed by atoms with Gasteiger partial charge >= 0.3 is 0 Å². The van der Waals surface area contributed by atoms with Crippen molar-refractivity contribution in [3.63, 3.8) is 0 Å². The van der Waals surface area contributed by atoms with Crippen molar-refractivity contribution < 1.29 is 14.3 Å². The number of carbonyl (C=O) groups excluding carboxylic acids is 2. The smallest absolute Gasteiger partial charge is 0.248 e. The van der Waals surface area contributed by atoms with Crippen LogP contribution >= 0.6 is 0 Å². The summed E-state index contributed by atoms with van der Waals surface area (Å²) >= 11 is 0. The van der Waals surface area contributed by atoms with Crippen LogP contribution in [-0.2, 0) is 14.3 Å². The van der Waals surface area contributed by atoms with Gasteiger partial charge in [-0.15, -0.1) is 0 Å². The summed E-state index contributed by atoms with van der Waals surface area (Å²) in [4.78, 5) is 31.2. The summed E-state index contributed by atoms with van der Waals surface area (Å²) in [6.07, 6.45) is 4.78. The van der Waals surface area contributed by atoms with Crippen LogP contribution in [0.25, 0.3) is 0 Å². The lowest BCUT2D eigenvalue weighted by atomic mass is 9.94. The number of likely N-dealkylation sites (N-methyl/N-ethyl adjacent to an activating group) is 1. The van der Waals surface area contributed by atoms with Gasteiger partial charge in [-0.3, -0.25) is 14.5 Å². The molecule has 1 unspecified atom stereocenters. The quantitative estimate of drug-likeness (QED) is 0.699. The predicted octanol–water partition coefficient (Wildman–Crippen LogP) is 1.20. The standard InChI is InChI=1S/C18H33N3O3/c1-4-19(5-2)18(23)17(15-8-6-7-9-15)21-12-10-20(11-13-21)16(22)14-24-3/h15,17H,4-14H2,1-3H3. The van der Waals surface area contributed by atoms with E-state index in [0.717, 1.165) is 39.0 Å². The third-order valence-corrected chi connectivity index (χ3v) is 5.50. The Kier molecular flexibility index (Phi) is 7.49. The molecule has 1 saturated heterocycles. The first-order valence-electron chi connectivity index (χ1n) is 9.41. The average molecular weight is 339 g/mol. The van der Waals surface area contributed by atoms with Crippen molar-refractivity contribution in [3.05, 3.63) is 0 Å². The molecular formula is C18H33N3O3. The molecule has 1 atom stereocenters. The summed E-state index contributed by atoms with van der Waals surface area (Å²) in [5.74, 6) is 0.799. The SMILES string of the molecule is CCN(CC)C(=O)C(C1CCCC1)N1CCN(C(=O)COC)CC1. The van der Waals surface area contributed by atoms with Crippen molar-refractivity contribution >= 4 is 11.8 Å². The van der Waals surface area contributed by atoms with Crippen LogP contribution in [0.15, 0.2) is 0 Å². The van der Waals surface area contributed by atoms with Gasteiger partial charge in [-0.05, 0) is 32.6 Å². The van der Waals surface area contributed by atoms with Crippen LogP contribution in [0.2, 0.25) is 0 Å². The molecule has 0 aromatic carbocycles. The Labute approximate surface area is 146 Å². The average Bonchev–Trinajstić information content (AvgIpc) is 3.11. The van der Waals surface area contributed by atoms with Gasteiger partial charge in [0.2, 0.25) is 11.8 Å². The van der Waals surface area contributed by atoms with Crippen LogP contribution in [-0.4, -0.2) is 85.5 Å². The number of hydrogen-bond donors (Lipinski definition) is 0.